The molecule has 0 bridgehead atoms. The summed E-state index contributed by atoms with van der Waals surface area (Å²) < 4.78 is 13.7. The van der Waals surface area contributed by atoms with Gasteiger partial charge in [0.05, 0.1) is 6.04 Å². The Bertz CT molecular complexity index is 494. The summed E-state index contributed by atoms with van der Waals surface area (Å²) in [5.74, 6) is 0.611. The third kappa shape index (κ3) is 3.34. The molecular weight excluding hydrogens is 241 g/mol. The molecule has 0 spiro atoms. The fourth-order valence-corrected chi connectivity index (χ4v) is 1.98. The lowest BCUT2D eigenvalue weighted by atomic mass is 10.1. The number of halogens is 1. The van der Waals surface area contributed by atoms with Crippen molar-refractivity contribution in [1.82, 2.24) is 10.2 Å². The highest BCUT2D eigenvalue weighted by molar-refractivity contribution is 5.93. The van der Waals surface area contributed by atoms with Gasteiger partial charge in [0.15, 0.2) is 0 Å². The quantitative estimate of drug-likeness (QED) is 0.905. The predicted octanol–water partition coefficient (Wildman–Crippen LogP) is 3.07. The van der Waals surface area contributed by atoms with E-state index in [9.17, 15) is 4.39 Å². The molecule has 1 aliphatic rings. The largest absolute Gasteiger partial charge is 0.364 e. The Morgan fingerprint density at radius 2 is 2.00 bits per heavy atom. The van der Waals surface area contributed by atoms with Crippen molar-refractivity contribution in [2.75, 3.05) is 6.67 Å². The van der Waals surface area contributed by atoms with Gasteiger partial charge in [-0.15, -0.1) is 0 Å². The first-order valence-electron chi connectivity index (χ1n) is 6.57. The van der Waals surface area contributed by atoms with E-state index in [2.05, 4.69) is 29.1 Å². The van der Waals surface area contributed by atoms with E-state index in [4.69, 9.17) is 0 Å². The van der Waals surface area contributed by atoms with Gasteiger partial charge in [-0.2, -0.15) is 0 Å². The highest BCUT2D eigenvalue weighted by Crippen LogP contribution is 2.16. The van der Waals surface area contributed by atoms with Crippen molar-refractivity contribution in [3.05, 3.63) is 47.9 Å². The molecule has 1 atom stereocenters. The minimum absolute atomic E-state index is 0.102. The molecule has 1 aromatic carbocycles. The summed E-state index contributed by atoms with van der Waals surface area (Å²) in [6.45, 7) is 6.82. The second-order valence-corrected chi connectivity index (χ2v) is 5.00. The van der Waals surface area contributed by atoms with Gasteiger partial charge in [0.2, 0.25) is 0 Å². The van der Waals surface area contributed by atoms with E-state index < -0.39 is 0 Å². The number of hydrogen-bond donors (Lipinski definition) is 1. The number of benzene rings is 1. The van der Waals surface area contributed by atoms with E-state index in [-0.39, 0.29) is 11.9 Å². The van der Waals surface area contributed by atoms with Crippen molar-refractivity contribution in [2.45, 2.75) is 32.9 Å². The van der Waals surface area contributed by atoms with Gasteiger partial charge in [0.25, 0.3) is 0 Å². The molecule has 0 amide bonds. The molecule has 0 saturated carbocycles. The predicted molar refractivity (Wildman–Crippen MR) is 76.4 cm³/mol. The third-order valence-electron chi connectivity index (χ3n) is 3.23. The first-order chi connectivity index (χ1) is 9.08. The number of nitrogens with zero attached hydrogens (tertiary/aromatic N) is 2. The molecule has 1 unspecified atom stereocenters. The number of aliphatic imine (C=N–C) groups is 1. The zero-order chi connectivity index (χ0) is 13.8. The molecule has 0 aliphatic carbocycles. The Kier molecular flexibility index (Phi) is 4.20. The van der Waals surface area contributed by atoms with E-state index in [0.29, 0.717) is 18.3 Å². The van der Waals surface area contributed by atoms with Crippen LogP contribution in [0.2, 0.25) is 0 Å². The van der Waals surface area contributed by atoms with Crippen LogP contribution in [0.25, 0.3) is 0 Å². The van der Waals surface area contributed by atoms with E-state index in [1.807, 2.05) is 25.3 Å². The molecule has 1 heterocycles. The van der Waals surface area contributed by atoms with Crippen LogP contribution < -0.4 is 5.32 Å². The first kappa shape index (κ1) is 13.6. The molecular formula is C15H20FN3. The molecule has 3 nitrogen and oxygen atoms in total. The van der Waals surface area contributed by atoms with E-state index in [0.717, 1.165) is 5.84 Å². The molecule has 1 N–H and O–H groups in total. The normalized spacial score (nSPS) is 16.5. The zero-order valence-corrected chi connectivity index (χ0v) is 11.6. The maximum atomic E-state index is 13.7. The lowest BCUT2D eigenvalue weighted by Crippen LogP contribution is -2.33. The first-order valence-corrected chi connectivity index (χ1v) is 6.57. The van der Waals surface area contributed by atoms with Gasteiger partial charge >= 0.3 is 0 Å². The SMILES string of the molecule is CC(NC1=NCN(C(C)C)C=C1)c1ccccc1F. The van der Waals surface area contributed by atoms with Gasteiger partial charge in [0, 0.05) is 17.8 Å². The minimum Gasteiger partial charge on any atom is -0.364 e. The molecule has 0 fully saturated rings. The summed E-state index contributed by atoms with van der Waals surface area (Å²) in [6, 6.07) is 7.15. The van der Waals surface area contributed by atoms with Gasteiger partial charge < -0.3 is 10.2 Å². The lowest BCUT2D eigenvalue weighted by Gasteiger charge is -2.27. The summed E-state index contributed by atoms with van der Waals surface area (Å²) >= 11 is 0. The van der Waals surface area contributed by atoms with Crippen molar-refractivity contribution in [1.29, 1.82) is 0 Å². The maximum absolute atomic E-state index is 13.7. The fourth-order valence-electron chi connectivity index (χ4n) is 1.98. The molecule has 0 aromatic heterocycles. The highest BCUT2D eigenvalue weighted by Gasteiger charge is 2.13. The highest BCUT2D eigenvalue weighted by atomic mass is 19.1. The van der Waals surface area contributed by atoms with E-state index in [1.54, 1.807) is 12.1 Å². The van der Waals surface area contributed by atoms with Crippen molar-refractivity contribution in [3.63, 3.8) is 0 Å². The Hall–Kier alpha value is -1.84. The summed E-state index contributed by atoms with van der Waals surface area (Å²) in [5, 5.41) is 3.23. The van der Waals surface area contributed by atoms with Gasteiger partial charge in [-0.3, -0.25) is 0 Å². The Morgan fingerprint density at radius 3 is 2.58 bits per heavy atom. The minimum atomic E-state index is -0.188. The summed E-state index contributed by atoms with van der Waals surface area (Å²) in [4.78, 5) is 6.59. The Morgan fingerprint density at radius 1 is 1.26 bits per heavy atom. The molecule has 1 aromatic rings. The van der Waals surface area contributed by atoms with Crippen LogP contribution in [0.4, 0.5) is 4.39 Å². The summed E-state index contributed by atoms with van der Waals surface area (Å²) in [5.41, 5.74) is 0.657. The molecule has 2 rings (SSSR count). The smallest absolute Gasteiger partial charge is 0.128 e. The van der Waals surface area contributed by atoms with Gasteiger partial charge in [-0.05, 0) is 32.9 Å². The molecule has 4 heteroatoms. The van der Waals surface area contributed by atoms with E-state index in [1.165, 1.54) is 6.07 Å². The molecule has 0 radical (unpaired) electrons. The fraction of sp³-hybridized carbons (Fsp3) is 0.400. The number of amidine groups is 1. The van der Waals surface area contributed by atoms with Gasteiger partial charge in [0.1, 0.15) is 18.3 Å². The van der Waals surface area contributed by atoms with Crippen molar-refractivity contribution < 1.29 is 4.39 Å². The standard InChI is InChI=1S/C15H20FN3/c1-11(2)19-9-8-15(17-10-19)18-12(3)13-6-4-5-7-14(13)16/h4-9,11-12H,10H2,1-3H3,(H,17,18). The Labute approximate surface area is 113 Å². The molecule has 1 aliphatic heterocycles. The van der Waals surface area contributed by atoms with Crippen LogP contribution in [-0.2, 0) is 0 Å². The summed E-state index contributed by atoms with van der Waals surface area (Å²) in [7, 11) is 0. The maximum Gasteiger partial charge on any atom is 0.128 e. The lowest BCUT2D eigenvalue weighted by molar-refractivity contribution is 0.317. The van der Waals surface area contributed by atoms with Crippen LogP contribution in [0.15, 0.2) is 41.5 Å². The van der Waals surface area contributed by atoms with E-state index >= 15 is 0 Å². The van der Waals surface area contributed by atoms with Crippen LogP contribution >= 0.6 is 0 Å². The van der Waals surface area contributed by atoms with Crippen molar-refractivity contribution in [2.24, 2.45) is 4.99 Å². The number of hydrogen-bond acceptors (Lipinski definition) is 3. The zero-order valence-electron chi connectivity index (χ0n) is 11.6. The topological polar surface area (TPSA) is 27.6 Å². The van der Waals surface area contributed by atoms with Crippen molar-refractivity contribution >= 4 is 5.84 Å². The molecule has 102 valence electrons. The average Bonchev–Trinajstić information content (AvgIpc) is 2.39. The van der Waals surface area contributed by atoms with Crippen LogP contribution in [-0.4, -0.2) is 23.4 Å². The number of nitrogens with one attached hydrogen (secondary N) is 1. The van der Waals surface area contributed by atoms with Crippen LogP contribution in [0.1, 0.15) is 32.4 Å². The van der Waals surface area contributed by atoms with Gasteiger partial charge in [-0.25, -0.2) is 9.38 Å². The third-order valence-corrected chi connectivity index (χ3v) is 3.23. The Balaban J connectivity index is 2.00. The second-order valence-electron chi connectivity index (χ2n) is 5.00. The van der Waals surface area contributed by atoms with Crippen LogP contribution in [0, 0.1) is 5.82 Å². The average molecular weight is 261 g/mol. The van der Waals surface area contributed by atoms with Gasteiger partial charge in [-0.1, -0.05) is 18.2 Å². The summed E-state index contributed by atoms with van der Waals surface area (Å²) in [6.07, 6.45) is 3.95. The number of rotatable bonds is 3. The van der Waals surface area contributed by atoms with Crippen molar-refractivity contribution in [3.8, 4) is 0 Å². The molecule has 0 saturated heterocycles. The van der Waals surface area contributed by atoms with Crippen LogP contribution in [0.5, 0.6) is 0 Å². The second kappa shape index (κ2) is 5.87. The van der Waals surface area contributed by atoms with Crippen LogP contribution in [0.3, 0.4) is 0 Å². The monoisotopic (exact) mass is 261 g/mol. The molecule has 19 heavy (non-hydrogen) atoms.